The molecular weight excluding hydrogens is 348 g/mol. The van der Waals surface area contributed by atoms with E-state index in [9.17, 15) is 0 Å². The first-order chi connectivity index (χ1) is 13.8. The lowest BCUT2D eigenvalue weighted by Crippen LogP contribution is -2.43. The predicted molar refractivity (Wildman–Crippen MR) is 127 cm³/mol. The van der Waals surface area contributed by atoms with Crippen molar-refractivity contribution in [1.29, 1.82) is 0 Å². The lowest BCUT2D eigenvalue weighted by Gasteiger charge is -2.54. The van der Waals surface area contributed by atoms with Crippen molar-refractivity contribution in [2.75, 3.05) is 0 Å². The Morgan fingerprint density at radius 2 is 1.69 bits per heavy atom. The molecule has 0 aromatic carbocycles. The predicted octanol–water partition coefficient (Wildman–Crippen LogP) is 9.20. The van der Waals surface area contributed by atoms with Crippen molar-refractivity contribution >= 4 is 0 Å². The zero-order valence-electron chi connectivity index (χ0n) is 20.7. The van der Waals surface area contributed by atoms with Gasteiger partial charge in [-0.1, -0.05) is 78.4 Å². The number of hydrogen-bond acceptors (Lipinski definition) is 0. The molecule has 7 atom stereocenters. The van der Waals surface area contributed by atoms with Crippen LogP contribution in [0, 0.1) is 46.3 Å². The van der Waals surface area contributed by atoms with Crippen LogP contribution in [0.15, 0.2) is 11.1 Å². The number of rotatable bonds is 6. The topological polar surface area (TPSA) is 0 Å². The molecule has 1 unspecified atom stereocenters. The van der Waals surface area contributed by atoms with Crippen LogP contribution in [0.4, 0.5) is 0 Å². The molecule has 166 valence electrons. The Morgan fingerprint density at radius 3 is 2.41 bits per heavy atom. The first-order valence-electron chi connectivity index (χ1n) is 13.5. The van der Waals surface area contributed by atoms with Crippen molar-refractivity contribution in [1.82, 2.24) is 0 Å². The Hall–Kier alpha value is -0.260. The van der Waals surface area contributed by atoms with Crippen LogP contribution in [0.1, 0.15) is 125 Å². The highest BCUT2D eigenvalue weighted by Crippen LogP contribution is 2.66. The van der Waals surface area contributed by atoms with Crippen LogP contribution < -0.4 is 0 Å². The lowest BCUT2D eigenvalue weighted by atomic mass is 9.50. The monoisotopic (exact) mass is 398 g/mol. The van der Waals surface area contributed by atoms with E-state index in [0.717, 1.165) is 35.5 Å². The quantitative estimate of drug-likeness (QED) is 0.391. The van der Waals surface area contributed by atoms with E-state index in [2.05, 4.69) is 41.5 Å². The summed E-state index contributed by atoms with van der Waals surface area (Å²) in [6, 6.07) is 0. The highest BCUT2D eigenvalue weighted by atomic mass is 14.6. The summed E-state index contributed by atoms with van der Waals surface area (Å²) in [5.74, 6) is 5.63. The highest BCUT2D eigenvalue weighted by molar-refractivity contribution is 5.34. The van der Waals surface area contributed by atoms with Crippen molar-refractivity contribution in [3.05, 3.63) is 11.1 Å². The van der Waals surface area contributed by atoms with Crippen LogP contribution >= 0.6 is 0 Å². The summed E-state index contributed by atoms with van der Waals surface area (Å²) in [7, 11) is 0. The zero-order valence-corrected chi connectivity index (χ0v) is 20.7. The molecule has 0 N–H and O–H groups in total. The molecule has 0 radical (unpaired) electrons. The summed E-state index contributed by atoms with van der Waals surface area (Å²) in [5, 5.41) is 0. The van der Waals surface area contributed by atoms with Gasteiger partial charge in [-0.2, -0.15) is 0 Å². The molecule has 2 saturated carbocycles. The van der Waals surface area contributed by atoms with Crippen molar-refractivity contribution in [3.8, 4) is 0 Å². The standard InChI is InChI=1S/C29H50/c1-7-22(20(2)3)12-11-21(4)25-15-16-26-24-14-13-23-10-8-9-18-28(23,5)27(24)17-19-29(25,26)6/h20-23,25-26H,7-19H2,1-6H3/t21-,22-,23?,25-,26+,28+,29-/m1/s1. The maximum atomic E-state index is 2.73. The van der Waals surface area contributed by atoms with E-state index in [1.54, 1.807) is 0 Å². The van der Waals surface area contributed by atoms with Gasteiger partial charge in [0, 0.05) is 0 Å². The second-order valence-corrected chi connectivity index (χ2v) is 12.6. The van der Waals surface area contributed by atoms with Crippen LogP contribution in [-0.2, 0) is 0 Å². The van der Waals surface area contributed by atoms with Gasteiger partial charge in [-0.15, -0.1) is 0 Å². The first kappa shape index (κ1) is 22.0. The summed E-state index contributed by atoms with van der Waals surface area (Å²) in [5.41, 5.74) is 5.19. The Labute approximate surface area is 182 Å². The third kappa shape index (κ3) is 3.67. The lowest BCUT2D eigenvalue weighted by molar-refractivity contribution is 0.0647. The SMILES string of the molecule is CC[C@H](CC[C@@H](C)[C@H]1CC[C@H]2C3=C(CC[C@]12C)[C@@]1(C)CCCCC1CC3)C(C)C. The van der Waals surface area contributed by atoms with E-state index in [1.807, 2.05) is 11.1 Å². The summed E-state index contributed by atoms with van der Waals surface area (Å²) < 4.78 is 0. The maximum Gasteiger partial charge on any atom is -0.00852 e. The fourth-order valence-corrected chi connectivity index (χ4v) is 9.16. The van der Waals surface area contributed by atoms with Crippen LogP contribution in [0.3, 0.4) is 0 Å². The van der Waals surface area contributed by atoms with Gasteiger partial charge >= 0.3 is 0 Å². The zero-order chi connectivity index (χ0) is 20.8. The summed E-state index contributed by atoms with van der Waals surface area (Å²) in [4.78, 5) is 0. The second kappa shape index (κ2) is 8.35. The van der Waals surface area contributed by atoms with E-state index in [4.69, 9.17) is 0 Å². The number of fused-ring (bicyclic) bond motifs is 4. The molecule has 4 rings (SSSR count). The molecule has 0 amide bonds. The number of hydrogen-bond donors (Lipinski definition) is 0. The van der Waals surface area contributed by atoms with Gasteiger partial charge in [0.05, 0.1) is 0 Å². The third-order valence-corrected chi connectivity index (χ3v) is 11.1. The summed E-state index contributed by atoms with van der Waals surface area (Å²) in [6.07, 6.45) is 19.2. The Bertz CT molecular complexity index is 612. The normalized spacial score (nSPS) is 41.7. The molecule has 0 nitrogen and oxygen atoms in total. The van der Waals surface area contributed by atoms with E-state index in [1.165, 1.54) is 83.5 Å². The Morgan fingerprint density at radius 1 is 0.897 bits per heavy atom. The van der Waals surface area contributed by atoms with Crippen molar-refractivity contribution in [3.63, 3.8) is 0 Å². The molecule has 4 aliphatic rings. The van der Waals surface area contributed by atoms with Gasteiger partial charge in [-0.3, -0.25) is 0 Å². The average Bonchev–Trinajstić information content (AvgIpc) is 3.05. The largest absolute Gasteiger partial charge is 0.0668 e. The van der Waals surface area contributed by atoms with Gasteiger partial charge in [-0.25, -0.2) is 0 Å². The molecule has 0 aliphatic heterocycles. The minimum absolute atomic E-state index is 0.586. The van der Waals surface area contributed by atoms with E-state index >= 15 is 0 Å². The van der Waals surface area contributed by atoms with Crippen LogP contribution in [-0.4, -0.2) is 0 Å². The minimum atomic E-state index is 0.586. The first-order valence-corrected chi connectivity index (χ1v) is 13.5. The van der Waals surface area contributed by atoms with Gasteiger partial charge in [0.2, 0.25) is 0 Å². The van der Waals surface area contributed by atoms with Gasteiger partial charge < -0.3 is 0 Å². The smallest absolute Gasteiger partial charge is 0.00852 e. The average molecular weight is 399 g/mol. The second-order valence-electron chi connectivity index (χ2n) is 12.6. The molecule has 0 aromatic rings. The summed E-state index contributed by atoms with van der Waals surface area (Å²) >= 11 is 0. The van der Waals surface area contributed by atoms with Gasteiger partial charge in [-0.05, 0) is 104 Å². The van der Waals surface area contributed by atoms with Crippen molar-refractivity contribution in [2.45, 2.75) is 125 Å². The number of allylic oxidation sites excluding steroid dienone is 2. The fourth-order valence-electron chi connectivity index (χ4n) is 9.16. The van der Waals surface area contributed by atoms with E-state index in [-0.39, 0.29) is 0 Å². The van der Waals surface area contributed by atoms with Crippen LogP contribution in [0.2, 0.25) is 0 Å². The molecule has 2 fully saturated rings. The molecule has 0 bridgehead atoms. The van der Waals surface area contributed by atoms with Gasteiger partial charge in [0.15, 0.2) is 0 Å². The van der Waals surface area contributed by atoms with Crippen LogP contribution in [0.5, 0.6) is 0 Å². The molecule has 0 spiro atoms. The highest BCUT2D eigenvalue weighted by Gasteiger charge is 2.55. The van der Waals surface area contributed by atoms with Crippen molar-refractivity contribution < 1.29 is 0 Å². The molecule has 0 heteroatoms. The molecular formula is C29H50. The summed E-state index contributed by atoms with van der Waals surface area (Å²) in [6.45, 7) is 15.3. The van der Waals surface area contributed by atoms with Crippen molar-refractivity contribution in [2.24, 2.45) is 46.3 Å². The molecule has 4 aliphatic carbocycles. The van der Waals surface area contributed by atoms with E-state index < -0.39 is 0 Å². The van der Waals surface area contributed by atoms with E-state index in [0.29, 0.717) is 10.8 Å². The Kier molecular flexibility index (Phi) is 6.32. The molecule has 0 aromatic heterocycles. The Balaban J connectivity index is 1.50. The maximum absolute atomic E-state index is 2.73. The minimum Gasteiger partial charge on any atom is -0.0668 e. The van der Waals surface area contributed by atoms with Gasteiger partial charge in [0.25, 0.3) is 0 Å². The molecule has 0 saturated heterocycles. The fraction of sp³-hybridized carbons (Fsp3) is 0.931. The third-order valence-electron chi connectivity index (χ3n) is 11.1. The van der Waals surface area contributed by atoms with Crippen LogP contribution in [0.25, 0.3) is 0 Å². The molecule has 29 heavy (non-hydrogen) atoms. The van der Waals surface area contributed by atoms with Gasteiger partial charge in [0.1, 0.15) is 0 Å². The molecule has 0 heterocycles.